The standard InChI is InChI=1S/C13H16N4/c1-9-6-10(2)12(16-7-9)13-15-5-4-11(17-13)8-14-3/h4-7,14H,8H2,1-3H3. The van der Waals surface area contributed by atoms with Gasteiger partial charge in [-0.15, -0.1) is 0 Å². The number of aromatic nitrogens is 3. The maximum absolute atomic E-state index is 4.49. The lowest BCUT2D eigenvalue weighted by atomic mass is 10.1. The number of hydrogen-bond acceptors (Lipinski definition) is 4. The lowest BCUT2D eigenvalue weighted by Crippen LogP contribution is -2.08. The minimum atomic E-state index is 0.690. The highest BCUT2D eigenvalue weighted by Gasteiger charge is 2.07. The Morgan fingerprint density at radius 2 is 2.06 bits per heavy atom. The molecule has 0 aromatic carbocycles. The van der Waals surface area contributed by atoms with Gasteiger partial charge in [0.25, 0.3) is 0 Å². The maximum atomic E-state index is 4.49. The topological polar surface area (TPSA) is 50.7 Å². The van der Waals surface area contributed by atoms with Crippen LogP contribution in [0.1, 0.15) is 16.8 Å². The van der Waals surface area contributed by atoms with Crippen molar-refractivity contribution in [3.63, 3.8) is 0 Å². The van der Waals surface area contributed by atoms with Crippen LogP contribution < -0.4 is 5.32 Å². The van der Waals surface area contributed by atoms with Gasteiger partial charge in [-0.05, 0) is 38.1 Å². The summed E-state index contributed by atoms with van der Waals surface area (Å²) in [6, 6.07) is 4.00. The Hall–Kier alpha value is -1.81. The van der Waals surface area contributed by atoms with Crippen molar-refractivity contribution in [2.45, 2.75) is 20.4 Å². The first-order chi connectivity index (χ1) is 8.20. The minimum absolute atomic E-state index is 0.690. The van der Waals surface area contributed by atoms with Gasteiger partial charge in [-0.1, -0.05) is 6.07 Å². The first-order valence-electron chi connectivity index (χ1n) is 5.61. The average molecular weight is 228 g/mol. The average Bonchev–Trinajstić information content (AvgIpc) is 2.29. The summed E-state index contributed by atoms with van der Waals surface area (Å²) in [4.78, 5) is 13.2. The smallest absolute Gasteiger partial charge is 0.178 e. The number of rotatable bonds is 3. The lowest BCUT2D eigenvalue weighted by Gasteiger charge is -2.06. The summed E-state index contributed by atoms with van der Waals surface area (Å²) >= 11 is 0. The summed E-state index contributed by atoms with van der Waals surface area (Å²) in [5.74, 6) is 0.690. The molecule has 0 bridgehead atoms. The third-order valence-electron chi connectivity index (χ3n) is 2.50. The van der Waals surface area contributed by atoms with Crippen molar-refractivity contribution in [2.24, 2.45) is 0 Å². The van der Waals surface area contributed by atoms with E-state index < -0.39 is 0 Å². The number of aryl methyl sites for hydroxylation is 2. The second kappa shape index (κ2) is 5.01. The second-order valence-electron chi connectivity index (χ2n) is 4.08. The van der Waals surface area contributed by atoms with Crippen LogP contribution in [0, 0.1) is 13.8 Å². The van der Waals surface area contributed by atoms with E-state index in [2.05, 4.69) is 26.3 Å². The quantitative estimate of drug-likeness (QED) is 0.871. The third-order valence-corrected chi connectivity index (χ3v) is 2.50. The third kappa shape index (κ3) is 2.65. The molecule has 0 spiro atoms. The highest BCUT2D eigenvalue weighted by molar-refractivity contribution is 5.54. The van der Waals surface area contributed by atoms with E-state index in [1.165, 1.54) is 0 Å². The first kappa shape index (κ1) is 11.7. The van der Waals surface area contributed by atoms with Gasteiger partial charge in [-0.25, -0.2) is 9.97 Å². The molecular formula is C13H16N4. The van der Waals surface area contributed by atoms with Gasteiger partial charge in [-0.3, -0.25) is 4.98 Å². The number of nitrogens with one attached hydrogen (secondary N) is 1. The molecule has 0 unspecified atom stereocenters. The molecule has 2 aromatic heterocycles. The van der Waals surface area contributed by atoms with Gasteiger partial charge in [0.1, 0.15) is 5.69 Å². The normalized spacial score (nSPS) is 10.5. The molecule has 4 nitrogen and oxygen atoms in total. The predicted octanol–water partition coefficient (Wildman–Crippen LogP) is 1.87. The van der Waals surface area contributed by atoms with Gasteiger partial charge < -0.3 is 5.32 Å². The zero-order chi connectivity index (χ0) is 12.3. The molecule has 2 rings (SSSR count). The van der Waals surface area contributed by atoms with Gasteiger partial charge in [0.2, 0.25) is 0 Å². The van der Waals surface area contributed by atoms with Crippen LogP contribution in [-0.4, -0.2) is 22.0 Å². The maximum Gasteiger partial charge on any atom is 0.178 e. The first-order valence-corrected chi connectivity index (χ1v) is 5.61. The van der Waals surface area contributed by atoms with Crippen molar-refractivity contribution in [2.75, 3.05) is 7.05 Å². The largest absolute Gasteiger partial charge is 0.314 e. The molecule has 0 aliphatic heterocycles. The fourth-order valence-corrected chi connectivity index (χ4v) is 1.74. The van der Waals surface area contributed by atoms with Crippen LogP contribution in [-0.2, 0) is 6.54 Å². The fourth-order valence-electron chi connectivity index (χ4n) is 1.74. The molecular weight excluding hydrogens is 212 g/mol. The summed E-state index contributed by atoms with van der Waals surface area (Å²) < 4.78 is 0. The number of hydrogen-bond donors (Lipinski definition) is 1. The molecule has 2 heterocycles. The summed E-state index contributed by atoms with van der Waals surface area (Å²) in [6.07, 6.45) is 3.62. The Balaban J connectivity index is 2.42. The molecule has 0 amide bonds. The Morgan fingerprint density at radius 1 is 1.24 bits per heavy atom. The monoisotopic (exact) mass is 228 g/mol. The molecule has 0 saturated carbocycles. The van der Waals surface area contributed by atoms with E-state index in [4.69, 9.17) is 0 Å². The molecule has 0 atom stereocenters. The van der Waals surface area contributed by atoms with Gasteiger partial charge in [0.15, 0.2) is 5.82 Å². The van der Waals surface area contributed by atoms with E-state index >= 15 is 0 Å². The highest BCUT2D eigenvalue weighted by Crippen LogP contribution is 2.17. The van der Waals surface area contributed by atoms with Crippen LogP contribution in [0.4, 0.5) is 0 Å². The van der Waals surface area contributed by atoms with Crippen LogP contribution >= 0.6 is 0 Å². The zero-order valence-corrected chi connectivity index (χ0v) is 10.4. The SMILES string of the molecule is CNCc1ccnc(-c2ncc(C)cc2C)n1. The van der Waals surface area contributed by atoms with Crippen LogP contribution in [0.2, 0.25) is 0 Å². The molecule has 0 saturated heterocycles. The van der Waals surface area contributed by atoms with Crippen LogP contribution in [0.3, 0.4) is 0 Å². The van der Waals surface area contributed by atoms with E-state index in [1.54, 1.807) is 6.20 Å². The molecule has 0 aliphatic rings. The summed E-state index contributed by atoms with van der Waals surface area (Å²) in [7, 11) is 1.90. The number of pyridine rings is 1. The summed E-state index contributed by atoms with van der Waals surface area (Å²) in [6.45, 7) is 4.80. The van der Waals surface area contributed by atoms with Crippen molar-refractivity contribution >= 4 is 0 Å². The van der Waals surface area contributed by atoms with Gasteiger partial charge in [0.05, 0.1) is 5.69 Å². The molecule has 17 heavy (non-hydrogen) atoms. The van der Waals surface area contributed by atoms with Crippen molar-refractivity contribution in [3.05, 3.63) is 41.3 Å². The Labute approximate surface area is 101 Å². The molecule has 1 N–H and O–H groups in total. The van der Waals surface area contributed by atoms with E-state index in [9.17, 15) is 0 Å². The second-order valence-corrected chi connectivity index (χ2v) is 4.08. The molecule has 0 radical (unpaired) electrons. The summed E-state index contributed by atoms with van der Waals surface area (Å²) in [5, 5.41) is 3.08. The van der Waals surface area contributed by atoms with Crippen molar-refractivity contribution in [3.8, 4) is 11.5 Å². The minimum Gasteiger partial charge on any atom is -0.314 e. The molecule has 2 aromatic rings. The van der Waals surface area contributed by atoms with E-state index in [1.807, 2.05) is 33.2 Å². The Morgan fingerprint density at radius 3 is 2.76 bits per heavy atom. The van der Waals surface area contributed by atoms with Crippen molar-refractivity contribution < 1.29 is 0 Å². The van der Waals surface area contributed by atoms with Crippen LogP contribution in [0.15, 0.2) is 24.5 Å². The number of nitrogens with zero attached hydrogens (tertiary/aromatic N) is 3. The van der Waals surface area contributed by atoms with E-state index in [-0.39, 0.29) is 0 Å². The van der Waals surface area contributed by atoms with Gasteiger partial charge in [0, 0.05) is 18.9 Å². The Bertz CT molecular complexity index is 523. The molecule has 4 heteroatoms. The molecule has 0 aliphatic carbocycles. The van der Waals surface area contributed by atoms with Gasteiger partial charge >= 0.3 is 0 Å². The molecule has 0 fully saturated rings. The highest BCUT2D eigenvalue weighted by atomic mass is 14.9. The van der Waals surface area contributed by atoms with E-state index in [0.717, 1.165) is 29.1 Å². The lowest BCUT2D eigenvalue weighted by molar-refractivity contribution is 0.787. The summed E-state index contributed by atoms with van der Waals surface area (Å²) in [5.41, 5.74) is 4.08. The fraction of sp³-hybridized carbons (Fsp3) is 0.308. The zero-order valence-electron chi connectivity index (χ0n) is 10.4. The van der Waals surface area contributed by atoms with E-state index in [0.29, 0.717) is 5.82 Å². The van der Waals surface area contributed by atoms with Gasteiger partial charge in [-0.2, -0.15) is 0 Å². The Kier molecular flexibility index (Phi) is 3.44. The van der Waals surface area contributed by atoms with Crippen LogP contribution in [0.25, 0.3) is 11.5 Å². The molecule has 88 valence electrons. The van der Waals surface area contributed by atoms with Crippen molar-refractivity contribution in [1.82, 2.24) is 20.3 Å². The predicted molar refractivity (Wildman–Crippen MR) is 67.5 cm³/mol. The van der Waals surface area contributed by atoms with Crippen molar-refractivity contribution in [1.29, 1.82) is 0 Å². The van der Waals surface area contributed by atoms with Crippen LogP contribution in [0.5, 0.6) is 0 Å².